The quantitative estimate of drug-likeness (QED) is 0.202. The Morgan fingerprint density at radius 1 is 1.00 bits per heavy atom. The molecule has 2 rings (SSSR count). The number of azo groups is 1. The molecule has 0 aromatic carbocycles. The van der Waals surface area contributed by atoms with Crippen molar-refractivity contribution >= 4 is 7.28 Å². The lowest BCUT2D eigenvalue weighted by molar-refractivity contribution is 0.938. The molecule has 3 heteroatoms. The summed E-state index contributed by atoms with van der Waals surface area (Å²) in [7, 11) is 0.574. The van der Waals surface area contributed by atoms with Crippen LogP contribution in [-0.2, 0) is 0 Å². The third-order valence-corrected chi connectivity index (χ3v) is 5.71. The summed E-state index contributed by atoms with van der Waals surface area (Å²) >= 11 is 0. The van der Waals surface area contributed by atoms with E-state index in [1.807, 2.05) is 55.5 Å². The zero-order valence-corrected chi connectivity index (χ0v) is 21.6. The molecular weight excluding hydrogens is 435 g/mol. The molecule has 0 saturated heterocycles. The molecule has 1 atom stereocenters. The van der Waals surface area contributed by atoms with E-state index < -0.39 is 0 Å². The Kier molecular flexibility index (Phi) is 10.6. The highest BCUT2D eigenvalue weighted by Crippen LogP contribution is 2.39. The van der Waals surface area contributed by atoms with E-state index in [0.717, 1.165) is 50.0 Å². The minimum absolute atomic E-state index is 0.259. The van der Waals surface area contributed by atoms with E-state index in [1.54, 1.807) is 12.2 Å². The standard InChI is InChI=1S/C33H35BN2/c1-10-14-29-27(9)32(34-30(15-11-2)31(29)26(8)12-3)33(36-35-13-4)28-21-20-24(6)17-16-23(5)18-19-25(7)22-28/h10-23,34H,2-4,6-9H2,1,5H3/b14-10-,17-16-,19-18-,21-20-,28-22+,30-15+,33-32+,36-35-. The molecule has 2 aliphatic rings. The summed E-state index contributed by atoms with van der Waals surface area (Å²) in [6.07, 6.45) is 25.2. The Balaban J connectivity index is 2.93. The Morgan fingerprint density at radius 2 is 1.69 bits per heavy atom. The number of hydrogen-bond donors (Lipinski definition) is 0. The maximum atomic E-state index is 4.59. The van der Waals surface area contributed by atoms with E-state index in [1.165, 1.54) is 6.20 Å². The Hall–Kier alpha value is -4.24. The van der Waals surface area contributed by atoms with Crippen molar-refractivity contribution in [3.05, 3.63) is 181 Å². The first kappa shape index (κ1) is 28.0. The van der Waals surface area contributed by atoms with Crippen LogP contribution in [0.1, 0.15) is 13.8 Å². The highest BCUT2D eigenvalue weighted by molar-refractivity contribution is 6.58. The van der Waals surface area contributed by atoms with E-state index in [9.17, 15) is 0 Å². The van der Waals surface area contributed by atoms with Gasteiger partial charge in [0.15, 0.2) is 7.28 Å². The van der Waals surface area contributed by atoms with Crippen LogP contribution < -0.4 is 0 Å². The third kappa shape index (κ3) is 7.13. The van der Waals surface area contributed by atoms with Gasteiger partial charge in [0.25, 0.3) is 0 Å². The Labute approximate surface area is 217 Å². The van der Waals surface area contributed by atoms with Crippen molar-refractivity contribution in [3.63, 3.8) is 0 Å². The van der Waals surface area contributed by atoms with Gasteiger partial charge in [-0.1, -0.05) is 125 Å². The molecule has 0 fully saturated rings. The Bertz CT molecular complexity index is 1280. The second-order valence-electron chi connectivity index (χ2n) is 8.49. The smallest absolute Gasteiger partial charge is 0.159 e. The van der Waals surface area contributed by atoms with Gasteiger partial charge in [-0.3, -0.25) is 0 Å². The van der Waals surface area contributed by atoms with Crippen molar-refractivity contribution in [3.8, 4) is 0 Å². The fraction of sp³-hybridized carbons (Fsp3) is 0.0909. The van der Waals surface area contributed by atoms with Crippen LogP contribution in [0.2, 0.25) is 0 Å². The number of hydrogen-bond acceptors (Lipinski definition) is 2. The lowest BCUT2D eigenvalue weighted by atomic mass is 9.51. The first-order chi connectivity index (χ1) is 17.3. The zero-order chi connectivity index (χ0) is 26.7. The monoisotopic (exact) mass is 470 g/mol. The molecule has 36 heavy (non-hydrogen) atoms. The number of rotatable bonds is 7. The van der Waals surface area contributed by atoms with Gasteiger partial charge in [0.1, 0.15) is 0 Å². The molecule has 0 N–H and O–H groups in total. The summed E-state index contributed by atoms with van der Waals surface area (Å²) < 4.78 is 0. The van der Waals surface area contributed by atoms with Crippen LogP contribution in [0.3, 0.4) is 0 Å². The van der Waals surface area contributed by atoms with Crippen LogP contribution in [0.5, 0.6) is 0 Å². The molecule has 0 aromatic rings. The second-order valence-corrected chi connectivity index (χ2v) is 8.49. The summed E-state index contributed by atoms with van der Waals surface area (Å²) in [6, 6.07) is 0. The molecule has 2 nitrogen and oxygen atoms in total. The molecular formula is C33H35BN2. The number of allylic oxidation sites excluding steroid dienone is 20. The van der Waals surface area contributed by atoms with Gasteiger partial charge in [-0.05, 0) is 57.8 Å². The van der Waals surface area contributed by atoms with Crippen molar-refractivity contribution in [2.75, 3.05) is 0 Å². The van der Waals surface area contributed by atoms with E-state index in [-0.39, 0.29) is 5.92 Å². The van der Waals surface area contributed by atoms with Crippen LogP contribution in [0, 0.1) is 5.92 Å². The molecule has 0 radical (unpaired) electrons. The SMILES string of the molecule is C=C/C=C1/B/C(=C(/N=N\C=C)C2=C\C(=C)/C=C\C(C)/C=C\C(=C)\C=C/2)C(=C)C(/C=C\C)=C1C(=C)C=C. The first-order valence-corrected chi connectivity index (χ1v) is 11.9. The van der Waals surface area contributed by atoms with Gasteiger partial charge in [0.2, 0.25) is 0 Å². The van der Waals surface area contributed by atoms with Gasteiger partial charge in [-0.25, -0.2) is 0 Å². The van der Waals surface area contributed by atoms with Crippen molar-refractivity contribution in [1.29, 1.82) is 0 Å². The molecule has 0 spiro atoms. The fourth-order valence-electron chi connectivity index (χ4n) is 3.92. The maximum Gasteiger partial charge on any atom is 0.196 e. The molecule has 0 aromatic heterocycles. The third-order valence-electron chi connectivity index (χ3n) is 5.71. The van der Waals surface area contributed by atoms with Gasteiger partial charge in [0, 0.05) is 11.8 Å². The van der Waals surface area contributed by atoms with Gasteiger partial charge < -0.3 is 0 Å². The highest BCUT2D eigenvalue weighted by Gasteiger charge is 2.27. The van der Waals surface area contributed by atoms with Crippen LogP contribution >= 0.6 is 0 Å². The number of nitrogens with zero attached hydrogens (tertiary/aromatic N) is 2. The van der Waals surface area contributed by atoms with Crippen LogP contribution in [0.15, 0.2) is 191 Å². The molecule has 0 bridgehead atoms. The minimum Gasteiger partial charge on any atom is -0.159 e. The average Bonchev–Trinajstić information content (AvgIpc) is 2.88. The average molecular weight is 470 g/mol. The summed E-state index contributed by atoms with van der Waals surface area (Å²) in [6.45, 7) is 32.8. The Morgan fingerprint density at radius 3 is 2.31 bits per heavy atom. The van der Waals surface area contributed by atoms with Crippen molar-refractivity contribution in [2.24, 2.45) is 16.1 Å². The fourth-order valence-corrected chi connectivity index (χ4v) is 3.92. The summed E-state index contributed by atoms with van der Waals surface area (Å²) in [4.78, 5) is 0. The van der Waals surface area contributed by atoms with Gasteiger partial charge >= 0.3 is 0 Å². The second kappa shape index (κ2) is 13.6. The minimum atomic E-state index is 0.259. The van der Waals surface area contributed by atoms with Gasteiger partial charge in [-0.2, -0.15) is 10.2 Å². The summed E-state index contributed by atoms with van der Waals surface area (Å²) in [5.74, 6) is 0.259. The van der Waals surface area contributed by atoms with Crippen molar-refractivity contribution in [2.45, 2.75) is 13.8 Å². The lowest BCUT2D eigenvalue weighted by Gasteiger charge is -2.27. The van der Waals surface area contributed by atoms with Crippen molar-refractivity contribution < 1.29 is 0 Å². The maximum absolute atomic E-state index is 4.59. The van der Waals surface area contributed by atoms with Crippen molar-refractivity contribution in [1.82, 2.24) is 0 Å². The molecule has 0 amide bonds. The predicted molar refractivity (Wildman–Crippen MR) is 161 cm³/mol. The topological polar surface area (TPSA) is 24.7 Å². The largest absolute Gasteiger partial charge is 0.196 e. The molecule has 1 aliphatic carbocycles. The molecule has 0 saturated carbocycles. The van der Waals surface area contributed by atoms with E-state index in [2.05, 4.69) is 75.4 Å². The van der Waals surface area contributed by atoms with E-state index in [0.29, 0.717) is 13.0 Å². The predicted octanol–water partition coefficient (Wildman–Crippen LogP) is 8.84. The van der Waals surface area contributed by atoms with Crippen LogP contribution in [0.4, 0.5) is 0 Å². The molecule has 1 aliphatic heterocycles. The van der Waals surface area contributed by atoms with Crippen LogP contribution in [-0.4, -0.2) is 7.28 Å². The zero-order valence-electron chi connectivity index (χ0n) is 21.6. The lowest BCUT2D eigenvalue weighted by Crippen LogP contribution is -2.18. The molecule has 1 heterocycles. The van der Waals surface area contributed by atoms with Gasteiger partial charge in [0.05, 0.1) is 5.70 Å². The molecule has 1 unspecified atom stereocenters. The molecule has 180 valence electrons. The van der Waals surface area contributed by atoms with E-state index in [4.69, 9.17) is 0 Å². The summed E-state index contributed by atoms with van der Waals surface area (Å²) in [5.41, 5.74) is 8.91. The normalized spacial score (nSPS) is 25.6. The first-order valence-electron chi connectivity index (χ1n) is 11.9. The highest BCUT2D eigenvalue weighted by atomic mass is 15.1. The van der Waals surface area contributed by atoms with Gasteiger partial charge in [-0.15, -0.1) is 0 Å². The summed E-state index contributed by atoms with van der Waals surface area (Å²) in [5, 5.41) is 8.76. The van der Waals surface area contributed by atoms with Crippen LogP contribution in [0.25, 0.3) is 0 Å². The van der Waals surface area contributed by atoms with E-state index >= 15 is 0 Å².